The SMILES string of the molecule is CCC(NC(=O)CCC1(Cc2ccc(F)cc2)CCC(=O)N1)C12CC3CC(CC(C3)C1)C2. The lowest BCUT2D eigenvalue weighted by Gasteiger charge is -2.59. The summed E-state index contributed by atoms with van der Waals surface area (Å²) < 4.78 is 13.3. The Morgan fingerprint density at radius 2 is 1.75 bits per heavy atom. The fourth-order valence-corrected chi connectivity index (χ4v) is 8.09. The number of rotatable bonds is 8. The Balaban J connectivity index is 1.22. The van der Waals surface area contributed by atoms with E-state index in [2.05, 4.69) is 17.6 Å². The number of benzene rings is 1. The van der Waals surface area contributed by atoms with Crippen LogP contribution in [0.2, 0.25) is 0 Å². The summed E-state index contributed by atoms with van der Waals surface area (Å²) in [5.41, 5.74) is 0.898. The van der Waals surface area contributed by atoms with Gasteiger partial charge in [-0.25, -0.2) is 4.39 Å². The summed E-state index contributed by atoms with van der Waals surface area (Å²) in [4.78, 5) is 25.2. The van der Waals surface area contributed by atoms with Gasteiger partial charge in [-0.2, -0.15) is 0 Å². The maximum absolute atomic E-state index is 13.3. The Morgan fingerprint density at radius 3 is 2.28 bits per heavy atom. The summed E-state index contributed by atoms with van der Waals surface area (Å²) in [6.45, 7) is 2.22. The average molecular weight is 441 g/mol. The van der Waals surface area contributed by atoms with Gasteiger partial charge in [0.2, 0.25) is 11.8 Å². The quantitative estimate of drug-likeness (QED) is 0.604. The van der Waals surface area contributed by atoms with Gasteiger partial charge in [-0.05, 0) is 105 Å². The van der Waals surface area contributed by atoms with Crippen molar-refractivity contribution in [3.05, 3.63) is 35.6 Å². The third-order valence-electron chi connectivity index (χ3n) is 9.09. The third-order valence-corrected chi connectivity index (χ3v) is 9.09. The molecular weight excluding hydrogens is 403 g/mol. The van der Waals surface area contributed by atoms with Crippen LogP contribution < -0.4 is 10.6 Å². The lowest BCUT2D eigenvalue weighted by molar-refractivity contribution is -0.127. The van der Waals surface area contributed by atoms with Crippen molar-refractivity contribution in [2.75, 3.05) is 0 Å². The molecule has 1 saturated heterocycles. The van der Waals surface area contributed by atoms with Crippen LogP contribution in [0.5, 0.6) is 0 Å². The molecule has 1 aromatic rings. The zero-order valence-corrected chi connectivity index (χ0v) is 19.3. The second kappa shape index (κ2) is 8.46. The van der Waals surface area contributed by atoms with Crippen molar-refractivity contribution in [1.29, 1.82) is 0 Å². The number of carbonyl (C=O) groups is 2. The zero-order chi connectivity index (χ0) is 22.3. The largest absolute Gasteiger partial charge is 0.353 e. The van der Waals surface area contributed by atoms with Gasteiger partial charge in [-0.1, -0.05) is 19.1 Å². The zero-order valence-electron chi connectivity index (χ0n) is 19.3. The van der Waals surface area contributed by atoms with Gasteiger partial charge < -0.3 is 10.6 Å². The minimum Gasteiger partial charge on any atom is -0.353 e. The highest BCUT2D eigenvalue weighted by Gasteiger charge is 2.54. The van der Waals surface area contributed by atoms with Crippen molar-refractivity contribution < 1.29 is 14.0 Å². The second-order valence-electron chi connectivity index (χ2n) is 11.4. The maximum Gasteiger partial charge on any atom is 0.220 e. The van der Waals surface area contributed by atoms with Crippen molar-refractivity contribution in [2.24, 2.45) is 23.2 Å². The van der Waals surface area contributed by atoms with E-state index in [1.165, 1.54) is 50.7 Å². The molecule has 2 unspecified atom stereocenters. The smallest absolute Gasteiger partial charge is 0.220 e. The third kappa shape index (κ3) is 4.32. The Morgan fingerprint density at radius 1 is 1.12 bits per heavy atom. The van der Waals surface area contributed by atoms with E-state index in [1.54, 1.807) is 12.1 Å². The minimum absolute atomic E-state index is 0.0486. The van der Waals surface area contributed by atoms with Crippen LogP contribution in [0.15, 0.2) is 24.3 Å². The number of hydrogen-bond acceptors (Lipinski definition) is 2. The van der Waals surface area contributed by atoms with Gasteiger partial charge >= 0.3 is 0 Å². The normalized spacial score (nSPS) is 36.2. The molecule has 4 nitrogen and oxygen atoms in total. The highest BCUT2D eigenvalue weighted by Crippen LogP contribution is 2.61. The van der Waals surface area contributed by atoms with Gasteiger partial charge in [0.1, 0.15) is 5.82 Å². The molecule has 6 rings (SSSR count). The van der Waals surface area contributed by atoms with Crippen LogP contribution in [-0.2, 0) is 16.0 Å². The first-order valence-electron chi connectivity index (χ1n) is 12.7. The minimum atomic E-state index is -0.408. The number of hydrogen-bond donors (Lipinski definition) is 2. The molecule has 0 radical (unpaired) electrons. The molecule has 5 heteroatoms. The van der Waals surface area contributed by atoms with E-state index in [0.717, 1.165) is 36.2 Å². The number of amides is 2. The highest BCUT2D eigenvalue weighted by atomic mass is 19.1. The molecule has 5 aliphatic rings. The van der Waals surface area contributed by atoms with Gasteiger partial charge in [0.25, 0.3) is 0 Å². The molecule has 1 aromatic carbocycles. The standard InChI is InChI=1S/C27H37FN2O2/c1-2-23(26-14-19-11-20(15-26)13-21(12-19)16-26)29-24(31)7-9-27(10-8-25(32)30-27)17-18-3-5-22(28)6-4-18/h3-6,19-21,23H,2,7-17H2,1H3,(H,29,31)(H,30,32). The summed E-state index contributed by atoms with van der Waals surface area (Å²) in [5.74, 6) is 2.53. The first-order valence-corrected chi connectivity index (χ1v) is 12.7. The first-order chi connectivity index (χ1) is 15.4. The fourth-order valence-electron chi connectivity index (χ4n) is 8.09. The number of halogens is 1. The van der Waals surface area contributed by atoms with Crippen LogP contribution in [0.1, 0.15) is 83.1 Å². The summed E-state index contributed by atoms with van der Waals surface area (Å²) in [6, 6.07) is 6.76. The van der Waals surface area contributed by atoms with Crippen molar-refractivity contribution in [3.8, 4) is 0 Å². The topological polar surface area (TPSA) is 58.2 Å². The monoisotopic (exact) mass is 440 g/mol. The van der Waals surface area contributed by atoms with E-state index < -0.39 is 5.54 Å². The average Bonchev–Trinajstić information content (AvgIpc) is 3.12. The van der Waals surface area contributed by atoms with Crippen LogP contribution >= 0.6 is 0 Å². The lowest BCUT2D eigenvalue weighted by atomic mass is 9.47. The lowest BCUT2D eigenvalue weighted by Crippen LogP contribution is -2.56. The molecule has 0 spiro atoms. The second-order valence-corrected chi connectivity index (χ2v) is 11.4. The van der Waals surface area contributed by atoms with Crippen LogP contribution in [-0.4, -0.2) is 23.4 Å². The van der Waals surface area contributed by atoms with Crippen molar-refractivity contribution in [1.82, 2.24) is 10.6 Å². The Kier molecular flexibility index (Phi) is 5.79. The molecule has 1 aliphatic heterocycles. The Bertz CT molecular complexity index is 832. The van der Waals surface area contributed by atoms with Gasteiger partial charge in [-0.3, -0.25) is 9.59 Å². The summed E-state index contributed by atoms with van der Waals surface area (Å²) in [6.07, 6.45) is 12.0. The molecule has 174 valence electrons. The van der Waals surface area contributed by atoms with Gasteiger partial charge in [-0.15, -0.1) is 0 Å². The van der Waals surface area contributed by atoms with E-state index in [9.17, 15) is 14.0 Å². The van der Waals surface area contributed by atoms with Crippen molar-refractivity contribution >= 4 is 11.8 Å². The molecule has 0 aromatic heterocycles. The van der Waals surface area contributed by atoms with E-state index in [1.807, 2.05) is 0 Å². The van der Waals surface area contributed by atoms with Gasteiger partial charge in [0, 0.05) is 24.4 Å². The summed E-state index contributed by atoms with van der Waals surface area (Å²) >= 11 is 0. The molecule has 4 bridgehead atoms. The summed E-state index contributed by atoms with van der Waals surface area (Å²) in [7, 11) is 0. The van der Waals surface area contributed by atoms with E-state index in [4.69, 9.17) is 0 Å². The predicted octanol–water partition coefficient (Wildman–Crippen LogP) is 4.91. The summed E-state index contributed by atoms with van der Waals surface area (Å²) in [5, 5.41) is 6.60. The number of nitrogens with one attached hydrogen (secondary N) is 2. The highest BCUT2D eigenvalue weighted by molar-refractivity contribution is 5.80. The van der Waals surface area contributed by atoms with Crippen molar-refractivity contribution in [3.63, 3.8) is 0 Å². The Labute approximate surface area is 191 Å². The molecule has 32 heavy (non-hydrogen) atoms. The van der Waals surface area contributed by atoms with E-state index >= 15 is 0 Å². The van der Waals surface area contributed by atoms with E-state index in [-0.39, 0.29) is 23.7 Å². The Hall–Kier alpha value is -1.91. The van der Waals surface area contributed by atoms with Crippen molar-refractivity contribution in [2.45, 2.75) is 95.6 Å². The molecule has 5 fully saturated rings. The molecule has 4 aliphatic carbocycles. The van der Waals surface area contributed by atoms with E-state index in [0.29, 0.717) is 31.1 Å². The molecular formula is C27H37FN2O2. The van der Waals surface area contributed by atoms with Crippen LogP contribution in [0, 0.1) is 29.0 Å². The first kappa shape index (κ1) is 21.9. The molecule has 1 heterocycles. The fraction of sp³-hybridized carbons (Fsp3) is 0.704. The molecule has 2 N–H and O–H groups in total. The molecule has 2 amide bonds. The van der Waals surface area contributed by atoms with Crippen LogP contribution in [0.4, 0.5) is 4.39 Å². The van der Waals surface area contributed by atoms with Crippen LogP contribution in [0.25, 0.3) is 0 Å². The predicted molar refractivity (Wildman–Crippen MR) is 122 cm³/mol. The van der Waals surface area contributed by atoms with Gasteiger partial charge in [0.15, 0.2) is 0 Å². The maximum atomic E-state index is 13.3. The number of carbonyl (C=O) groups excluding carboxylic acids is 2. The van der Waals surface area contributed by atoms with Gasteiger partial charge in [0.05, 0.1) is 0 Å². The molecule has 4 saturated carbocycles. The van der Waals surface area contributed by atoms with Crippen LogP contribution in [0.3, 0.4) is 0 Å². The molecule has 2 atom stereocenters.